The Morgan fingerprint density at radius 1 is 1.32 bits per heavy atom. The number of ether oxygens (including phenoxy) is 1. The van der Waals surface area contributed by atoms with Crippen LogP contribution in [-0.2, 0) is 14.8 Å². The molecule has 0 unspecified atom stereocenters. The molecule has 1 heterocycles. The molecule has 1 N–H and O–H groups in total. The molecule has 0 bridgehead atoms. The van der Waals surface area contributed by atoms with E-state index in [0.29, 0.717) is 22.9 Å². The number of halogens is 2. The zero-order valence-corrected chi connectivity index (χ0v) is 21.7. The quantitative estimate of drug-likeness (QED) is 0.473. The standard InChI is InChI=1S/C23H34F2N2O5S2/c1-15(22(28)29)14-32-19-12-21-18(11-20(19)33-4)27(16-7-5-6-8-16)13-17(9-10-23(2,24)25)26(3)34(21,30)31/h11-12,15-17H,5-10,13-14H2,1-4H3,(H,28,29)/t15-,17-/m1/s1. The first-order valence-corrected chi connectivity index (χ1v) is 14.2. The van der Waals surface area contributed by atoms with Crippen LogP contribution in [0, 0.1) is 5.92 Å². The van der Waals surface area contributed by atoms with Crippen molar-refractivity contribution < 1.29 is 31.8 Å². The summed E-state index contributed by atoms with van der Waals surface area (Å²) in [7, 11) is -2.55. The van der Waals surface area contributed by atoms with Gasteiger partial charge in [-0.25, -0.2) is 17.2 Å². The SMILES string of the molecule is CSc1cc2c(cc1OC[C@@H](C)C(=O)O)S(=O)(=O)N(C)[C@H](CCC(C)(F)F)CN2C1CCCC1. The second-order valence-corrected chi connectivity index (χ2v) is 12.2. The van der Waals surface area contributed by atoms with Gasteiger partial charge in [0.1, 0.15) is 17.3 Å². The molecule has 0 radical (unpaired) electrons. The maximum atomic E-state index is 13.7. The number of fused-ring (bicyclic) bond motifs is 1. The molecule has 3 rings (SSSR count). The van der Waals surface area contributed by atoms with Gasteiger partial charge < -0.3 is 14.7 Å². The normalized spacial score (nSPS) is 22.3. The minimum absolute atomic E-state index is 0.0469. The summed E-state index contributed by atoms with van der Waals surface area (Å²) in [4.78, 5) is 14.1. The van der Waals surface area contributed by atoms with Gasteiger partial charge in [-0.3, -0.25) is 4.79 Å². The van der Waals surface area contributed by atoms with E-state index in [2.05, 4.69) is 4.90 Å². The van der Waals surface area contributed by atoms with E-state index in [4.69, 9.17) is 4.74 Å². The summed E-state index contributed by atoms with van der Waals surface area (Å²) in [6.45, 7) is 2.62. The van der Waals surface area contributed by atoms with Gasteiger partial charge >= 0.3 is 5.97 Å². The number of hydrogen-bond donors (Lipinski definition) is 1. The maximum Gasteiger partial charge on any atom is 0.309 e. The van der Waals surface area contributed by atoms with Gasteiger partial charge in [0.05, 0.1) is 16.5 Å². The highest BCUT2D eigenvalue weighted by Gasteiger charge is 2.40. The molecule has 2 aliphatic rings. The van der Waals surface area contributed by atoms with Crippen molar-refractivity contribution in [3.05, 3.63) is 12.1 Å². The molecule has 1 aromatic rings. The molecule has 2 atom stereocenters. The number of benzene rings is 1. The number of sulfonamides is 1. The number of hydrogen-bond acceptors (Lipinski definition) is 6. The van der Waals surface area contributed by atoms with E-state index in [9.17, 15) is 27.1 Å². The Morgan fingerprint density at radius 3 is 2.53 bits per heavy atom. The number of carboxylic acid groups (broad SMARTS) is 1. The largest absolute Gasteiger partial charge is 0.491 e. The number of likely N-dealkylation sites (N-methyl/N-ethyl adjacent to an activating group) is 1. The van der Waals surface area contributed by atoms with Crippen molar-refractivity contribution in [1.82, 2.24) is 4.31 Å². The highest BCUT2D eigenvalue weighted by molar-refractivity contribution is 7.98. The minimum Gasteiger partial charge on any atom is -0.491 e. The van der Waals surface area contributed by atoms with Crippen molar-refractivity contribution in [1.29, 1.82) is 0 Å². The second-order valence-electron chi connectivity index (χ2n) is 9.40. The molecule has 0 amide bonds. The maximum absolute atomic E-state index is 13.7. The summed E-state index contributed by atoms with van der Waals surface area (Å²) in [5.41, 5.74) is 0.562. The van der Waals surface area contributed by atoms with Gasteiger partial charge in [0, 0.05) is 38.2 Å². The summed E-state index contributed by atoms with van der Waals surface area (Å²) in [6, 6.07) is 2.80. The molecule has 0 aromatic heterocycles. The minimum atomic E-state index is -4.00. The van der Waals surface area contributed by atoms with Crippen LogP contribution in [0.4, 0.5) is 14.5 Å². The lowest BCUT2D eigenvalue weighted by Crippen LogP contribution is -2.45. The smallest absolute Gasteiger partial charge is 0.309 e. The van der Waals surface area contributed by atoms with E-state index in [1.165, 1.54) is 36.1 Å². The van der Waals surface area contributed by atoms with Crippen molar-refractivity contribution in [2.24, 2.45) is 5.92 Å². The molecule has 192 valence electrons. The molecule has 0 spiro atoms. The van der Waals surface area contributed by atoms with Crippen LogP contribution in [0.1, 0.15) is 52.4 Å². The van der Waals surface area contributed by atoms with Gasteiger partial charge in [-0.1, -0.05) is 12.8 Å². The van der Waals surface area contributed by atoms with E-state index < -0.39 is 40.3 Å². The number of thioether (sulfide) groups is 1. The van der Waals surface area contributed by atoms with E-state index in [1.807, 2.05) is 6.26 Å². The fraction of sp³-hybridized carbons (Fsp3) is 0.696. The summed E-state index contributed by atoms with van der Waals surface area (Å²) >= 11 is 1.39. The summed E-state index contributed by atoms with van der Waals surface area (Å²) in [5, 5.41) is 9.18. The Hall–Kier alpha value is -1.59. The van der Waals surface area contributed by atoms with Gasteiger partial charge in [-0.2, -0.15) is 4.31 Å². The lowest BCUT2D eigenvalue weighted by molar-refractivity contribution is -0.142. The fourth-order valence-corrected chi connectivity index (χ4v) is 6.69. The Balaban J connectivity index is 2.07. The highest BCUT2D eigenvalue weighted by atomic mass is 32.2. The van der Waals surface area contributed by atoms with Crippen LogP contribution in [-0.4, -0.2) is 68.3 Å². The van der Waals surface area contributed by atoms with Crippen LogP contribution < -0.4 is 9.64 Å². The summed E-state index contributed by atoms with van der Waals surface area (Å²) in [6.07, 6.45) is 5.42. The zero-order chi connectivity index (χ0) is 25.3. The van der Waals surface area contributed by atoms with E-state index in [-0.39, 0.29) is 24.0 Å². The molecule has 11 heteroatoms. The number of aliphatic carboxylic acids is 1. The lowest BCUT2D eigenvalue weighted by atomic mass is 10.1. The van der Waals surface area contributed by atoms with Crippen LogP contribution in [0.3, 0.4) is 0 Å². The van der Waals surface area contributed by atoms with Crippen LogP contribution in [0.15, 0.2) is 21.9 Å². The van der Waals surface area contributed by atoms with Crippen LogP contribution in [0.5, 0.6) is 5.75 Å². The third kappa shape index (κ3) is 5.96. The van der Waals surface area contributed by atoms with Gasteiger partial charge in [0.25, 0.3) is 0 Å². The van der Waals surface area contributed by atoms with Crippen LogP contribution in [0.2, 0.25) is 0 Å². The van der Waals surface area contributed by atoms with Crippen molar-refractivity contribution in [3.63, 3.8) is 0 Å². The number of anilines is 1. The van der Waals surface area contributed by atoms with Crippen molar-refractivity contribution in [3.8, 4) is 5.75 Å². The molecule has 1 aromatic carbocycles. The molecule has 1 aliphatic heterocycles. The monoisotopic (exact) mass is 520 g/mol. The van der Waals surface area contributed by atoms with Gasteiger partial charge in [-0.15, -0.1) is 11.8 Å². The second kappa shape index (κ2) is 10.6. The molecule has 1 saturated carbocycles. The Kier molecular flexibility index (Phi) is 8.40. The molecule has 7 nitrogen and oxygen atoms in total. The van der Waals surface area contributed by atoms with Crippen LogP contribution >= 0.6 is 11.8 Å². The Bertz CT molecular complexity index is 994. The number of carboxylic acids is 1. The lowest BCUT2D eigenvalue weighted by Gasteiger charge is -2.34. The zero-order valence-electron chi connectivity index (χ0n) is 20.1. The van der Waals surface area contributed by atoms with Crippen molar-refractivity contribution >= 4 is 33.4 Å². The number of nitrogens with zero attached hydrogens (tertiary/aromatic N) is 2. The Labute approximate surface area is 204 Å². The van der Waals surface area contributed by atoms with Crippen molar-refractivity contribution in [2.75, 3.05) is 31.4 Å². The Morgan fingerprint density at radius 2 is 1.97 bits per heavy atom. The number of carbonyl (C=O) groups is 1. The summed E-state index contributed by atoms with van der Waals surface area (Å²) in [5.74, 6) is -4.34. The molecule has 1 fully saturated rings. The molecule has 1 aliphatic carbocycles. The fourth-order valence-electron chi connectivity index (χ4n) is 4.57. The van der Waals surface area contributed by atoms with E-state index >= 15 is 0 Å². The van der Waals surface area contributed by atoms with E-state index in [0.717, 1.165) is 32.6 Å². The highest BCUT2D eigenvalue weighted by Crippen LogP contribution is 2.43. The van der Waals surface area contributed by atoms with Crippen LogP contribution in [0.25, 0.3) is 0 Å². The predicted octanol–water partition coefficient (Wildman–Crippen LogP) is 4.70. The van der Waals surface area contributed by atoms with Gasteiger partial charge in [0.2, 0.25) is 15.9 Å². The van der Waals surface area contributed by atoms with Gasteiger partial charge in [0.15, 0.2) is 0 Å². The van der Waals surface area contributed by atoms with Gasteiger partial charge in [-0.05, 0) is 45.4 Å². The third-order valence-corrected chi connectivity index (χ3v) is 9.42. The summed E-state index contributed by atoms with van der Waals surface area (Å²) < 4.78 is 61.7. The molecular formula is C23H34F2N2O5S2. The predicted molar refractivity (Wildman–Crippen MR) is 129 cm³/mol. The molecule has 34 heavy (non-hydrogen) atoms. The third-order valence-electron chi connectivity index (χ3n) is 6.73. The average Bonchev–Trinajstić information content (AvgIpc) is 3.28. The molecule has 0 saturated heterocycles. The van der Waals surface area contributed by atoms with E-state index in [1.54, 1.807) is 6.07 Å². The first-order valence-electron chi connectivity index (χ1n) is 11.5. The number of alkyl halides is 2. The average molecular weight is 521 g/mol. The van der Waals surface area contributed by atoms with Crippen molar-refractivity contribution in [2.45, 2.75) is 80.2 Å². The molecular weight excluding hydrogens is 486 g/mol. The first kappa shape index (κ1) is 27.0. The topological polar surface area (TPSA) is 87.1 Å². The first-order chi connectivity index (χ1) is 15.8. The number of rotatable bonds is 9.